The lowest BCUT2D eigenvalue weighted by Crippen LogP contribution is -2.31. The first-order chi connectivity index (χ1) is 17.0. The Morgan fingerprint density at radius 3 is 2.77 bits per heavy atom. The molecule has 2 N–H and O–H groups in total. The van der Waals surface area contributed by atoms with Crippen LogP contribution < -0.4 is 15.4 Å². The average Bonchev–Trinajstić information content (AvgIpc) is 3.33. The second kappa shape index (κ2) is 10.9. The third-order valence-electron chi connectivity index (χ3n) is 5.82. The van der Waals surface area contributed by atoms with E-state index < -0.39 is 0 Å². The van der Waals surface area contributed by atoms with E-state index >= 15 is 0 Å². The predicted octanol–water partition coefficient (Wildman–Crippen LogP) is 3.98. The van der Waals surface area contributed by atoms with Crippen molar-refractivity contribution in [3.05, 3.63) is 60.6 Å². The first-order valence-electron chi connectivity index (χ1n) is 11.6. The monoisotopic (exact) mass is 475 g/mol. The van der Waals surface area contributed by atoms with E-state index in [2.05, 4.69) is 44.2 Å². The zero-order valence-corrected chi connectivity index (χ0v) is 19.9. The van der Waals surface area contributed by atoms with Crippen molar-refractivity contribution in [2.24, 2.45) is 0 Å². The van der Waals surface area contributed by atoms with Crippen LogP contribution >= 0.6 is 0 Å². The van der Waals surface area contributed by atoms with Gasteiger partial charge in [-0.3, -0.25) is 14.3 Å². The zero-order chi connectivity index (χ0) is 24.8. The van der Waals surface area contributed by atoms with Crippen LogP contribution in [0.25, 0.3) is 0 Å². The summed E-state index contributed by atoms with van der Waals surface area (Å²) in [5.74, 6) is 1.25. The highest BCUT2D eigenvalue weighted by atomic mass is 16.5. The number of rotatable bonds is 9. The Balaban J connectivity index is 1.56. The summed E-state index contributed by atoms with van der Waals surface area (Å²) in [6.45, 7) is 7.43. The second-order valence-corrected chi connectivity index (χ2v) is 8.34. The molecular formula is C25H29N7O3. The molecule has 4 rings (SSSR count). The van der Waals surface area contributed by atoms with E-state index in [1.165, 1.54) is 6.08 Å². The van der Waals surface area contributed by atoms with Crippen LogP contribution in [0.4, 0.5) is 17.3 Å². The minimum Gasteiger partial charge on any atom is -0.437 e. The van der Waals surface area contributed by atoms with Crippen molar-refractivity contribution >= 4 is 29.5 Å². The van der Waals surface area contributed by atoms with Gasteiger partial charge in [-0.15, -0.1) is 0 Å². The van der Waals surface area contributed by atoms with Gasteiger partial charge in [0.1, 0.15) is 17.1 Å². The maximum atomic E-state index is 11.8. The minimum absolute atomic E-state index is 0.176. The van der Waals surface area contributed by atoms with Crippen LogP contribution in [-0.4, -0.2) is 57.0 Å². The number of piperidine rings is 1. The third-order valence-corrected chi connectivity index (χ3v) is 5.82. The zero-order valence-electron chi connectivity index (χ0n) is 19.9. The van der Waals surface area contributed by atoms with E-state index in [-0.39, 0.29) is 23.3 Å². The van der Waals surface area contributed by atoms with Gasteiger partial charge in [0.25, 0.3) is 0 Å². The van der Waals surface area contributed by atoms with E-state index in [9.17, 15) is 9.59 Å². The van der Waals surface area contributed by atoms with Crippen molar-refractivity contribution in [1.82, 2.24) is 24.6 Å². The molecule has 2 aromatic heterocycles. The molecule has 182 valence electrons. The molecule has 0 bridgehead atoms. The average molecular weight is 476 g/mol. The number of hydrogen-bond donors (Lipinski definition) is 2. The molecule has 1 saturated heterocycles. The number of amides is 1. The van der Waals surface area contributed by atoms with Crippen molar-refractivity contribution in [3.63, 3.8) is 0 Å². The number of anilines is 3. The van der Waals surface area contributed by atoms with E-state index in [0.29, 0.717) is 41.7 Å². The van der Waals surface area contributed by atoms with Gasteiger partial charge in [0.15, 0.2) is 17.9 Å². The van der Waals surface area contributed by atoms with Crippen LogP contribution in [0.3, 0.4) is 0 Å². The SMILES string of the molecule is C=CC(=O)Nc1cccc(Oc2nc(Nc3ccn(C4CCN(C)CC4)n3)c(C=O)nc2CC)c1. The van der Waals surface area contributed by atoms with E-state index in [1.54, 1.807) is 24.3 Å². The number of aldehydes is 1. The Hall–Kier alpha value is -4.05. The molecule has 1 aliphatic heterocycles. The number of aromatic nitrogens is 4. The summed E-state index contributed by atoms with van der Waals surface area (Å²) in [6.07, 6.45) is 6.38. The van der Waals surface area contributed by atoms with Gasteiger partial charge < -0.3 is 20.3 Å². The molecule has 0 saturated carbocycles. The molecule has 3 heterocycles. The van der Waals surface area contributed by atoms with Crippen LogP contribution in [0.5, 0.6) is 11.6 Å². The number of carbonyl (C=O) groups excluding carboxylic acids is 2. The Kier molecular flexibility index (Phi) is 7.51. The van der Waals surface area contributed by atoms with E-state index in [1.807, 2.05) is 23.9 Å². The standard InChI is InChI=1S/C25H29N7O3/c1-4-20-25(35-19-8-6-7-17(15-19)26-23(34)5-2)29-24(21(16-33)27-20)28-22-11-14-32(30-22)18-9-12-31(3)13-10-18/h5-8,11,14-16,18H,2,4,9-10,12-13H2,1,3H3,(H,26,34)(H,28,29,30). The molecule has 35 heavy (non-hydrogen) atoms. The Bertz CT molecular complexity index is 1220. The first-order valence-corrected chi connectivity index (χ1v) is 11.6. The molecule has 0 unspecified atom stereocenters. The van der Waals surface area contributed by atoms with Gasteiger partial charge in [0.2, 0.25) is 11.8 Å². The predicted molar refractivity (Wildman–Crippen MR) is 133 cm³/mol. The number of aryl methyl sites for hydroxylation is 1. The van der Waals surface area contributed by atoms with Crippen LogP contribution in [0.15, 0.2) is 49.2 Å². The number of nitrogens with zero attached hydrogens (tertiary/aromatic N) is 5. The number of benzene rings is 1. The summed E-state index contributed by atoms with van der Waals surface area (Å²) in [7, 11) is 2.12. The summed E-state index contributed by atoms with van der Waals surface area (Å²) in [4.78, 5) is 34.7. The van der Waals surface area contributed by atoms with Gasteiger partial charge >= 0.3 is 0 Å². The lowest BCUT2D eigenvalue weighted by atomic mass is 10.1. The molecule has 0 radical (unpaired) electrons. The molecule has 0 aliphatic carbocycles. The fourth-order valence-corrected chi connectivity index (χ4v) is 3.89. The molecule has 0 atom stereocenters. The highest BCUT2D eigenvalue weighted by molar-refractivity contribution is 5.98. The molecule has 1 aliphatic rings. The van der Waals surface area contributed by atoms with Crippen molar-refractivity contribution < 1.29 is 14.3 Å². The first kappa shape index (κ1) is 24.1. The third kappa shape index (κ3) is 5.90. The van der Waals surface area contributed by atoms with Crippen LogP contribution in [0, 0.1) is 0 Å². The summed E-state index contributed by atoms with van der Waals surface area (Å²) >= 11 is 0. The fraction of sp³-hybridized carbons (Fsp3) is 0.320. The van der Waals surface area contributed by atoms with Crippen molar-refractivity contribution in [1.29, 1.82) is 0 Å². The van der Waals surface area contributed by atoms with Crippen molar-refractivity contribution in [3.8, 4) is 11.6 Å². The Labute approximate surface area is 204 Å². The molecular weight excluding hydrogens is 446 g/mol. The van der Waals surface area contributed by atoms with Gasteiger partial charge in [-0.05, 0) is 57.6 Å². The molecule has 0 spiro atoms. The number of carbonyl (C=O) groups is 2. The van der Waals surface area contributed by atoms with Crippen molar-refractivity contribution in [2.75, 3.05) is 30.8 Å². The van der Waals surface area contributed by atoms with E-state index in [4.69, 9.17) is 4.74 Å². The van der Waals surface area contributed by atoms with Crippen LogP contribution in [0.1, 0.15) is 42.0 Å². The van der Waals surface area contributed by atoms with Crippen LogP contribution in [-0.2, 0) is 11.2 Å². The van der Waals surface area contributed by atoms with Crippen LogP contribution in [0.2, 0.25) is 0 Å². The quantitative estimate of drug-likeness (QED) is 0.353. The largest absolute Gasteiger partial charge is 0.437 e. The smallest absolute Gasteiger partial charge is 0.247 e. The molecule has 1 fully saturated rings. The maximum Gasteiger partial charge on any atom is 0.247 e. The maximum absolute atomic E-state index is 11.8. The number of ether oxygens (including phenoxy) is 1. The molecule has 1 aromatic carbocycles. The van der Waals surface area contributed by atoms with E-state index in [0.717, 1.165) is 25.9 Å². The number of hydrogen-bond acceptors (Lipinski definition) is 8. The summed E-state index contributed by atoms with van der Waals surface area (Å²) in [6, 6.07) is 9.11. The van der Waals surface area contributed by atoms with Gasteiger partial charge in [-0.25, -0.2) is 4.98 Å². The molecule has 1 amide bonds. The highest BCUT2D eigenvalue weighted by Crippen LogP contribution is 2.29. The Morgan fingerprint density at radius 2 is 2.06 bits per heavy atom. The van der Waals surface area contributed by atoms with Gasteiger partial charge in [0, 0.05) is 24.0 Å². The molecule has 10 nitrogen and oxygen atoms in total. The summed E-state index contributed by atoms with van der Waals surface area (Å²) in [5, 5.41) is 10.5. The number of likely N-dealkylation sites (tertiary alicyclic amines) is 1. The van der Waals surface area contributed by atoms with Crippen molar-refractivity contribution in [2.45, 2.75) is 32.2 Å². The lowest BCUT2D eigenvalue weighted by Gasteiger charge is -2.28. The fourth-order valence-electron chi connectivity index (χ4n) is 3.89. The minimum atomic E-state index is -0.322. The topological polar surface area (TPSA) is 114 Å². The molecule has 3 aromatic rings. The summed E-state index contributed by atoms with van der Waals surface area (Å²) < 4.78 is 7.97. The highest BCUT2D eigenvalue weighted by Gasteiger charge is 2.20. The normalized spacial score (nSPS) is 14.3. The van der Waals surface area contributed by atoms with Gasteiger partial charge in [0.05, 0.1) is 6.04 Å². The second-order valence-electron chi connectivity index (χ2n) is 8.34. The lowest BCUT2D eigenvalue weighted by molar-refractivity contribution is -0.111. The van der Waals surface area contributed by atoms with Gasteiger partial charge in [-0.1, -0.05) is 19.6 Å². The number of nitrogens with one attached hydrogen (secondary N) is 2. The summed E-state index contributed by atoms with van der Waals surface area (Å²) in [5.41, 5.74) is 1.27. The van der Waals surface area contributed by atoms with Gasteiger partial charge in [-0.2, -0.15) is 10.1 Å². The Morgan fingerprint density at radius 1 is 1.26 bits per heavy atom. The molecule has 10 heteroatoms.